The van der Waals surface area contributed by atoms with Crippen LogP contribution >= 0.6 is 15.9 Å². The summed E-state index contributed by atoms with van der Waals surface area (Å²) in [6, 6.07) is 5.88. The van der Waals surface area contributed by atoms with Crippen LogP contribution in [0.5, 0.6) is 5.75 Å². The van der Waals surface area contributed by atoms with E-state index in [-0.39, 0.29) is 12.6 Å². The van der Waals surface area contributed by atoms with E-state index >= 15 is 0 Å². The van der Waals surface area contributed by atoms with E-state index in [1.165, 1.54) is 0 Å². The van der Waals surface area contributed by atoms with Crippen molar-refractivity contribution < 1.29 is 14.3 Å². The average Bonchev–Trinajstić information content (AvgIpc) is 2.49. The molecule has 22 heavy (non-hydrogen) atoms. The smallest absolute Gasteiger partial charge is 0.344 e. The third kappa shape index (κ3) is 5.26. The normalized spacial score (nSPS) is 16.5. The van der Waals surface area contributed by atoms with Crippen molar-refractivity contribution in [3.8, 4) is 5.75 Å². The Morgan fingerprint density at radius 1 is 1.27 bits per heavy atom. The molecule has 1 aliphatic heterocycles. The van der Waals surface area contributed by atoms with E-state index in [2.05, 4.69) is 38.8 Å². The summed E-state index contributed by atoms with van der Waals surface area (Å²) in [6.45, 7) is 7.17. The van der Waals surface area contributed by atoms with E-state index in [0.29, 0.717) is 6.61 Å². The quantitative estimate of drug-likeness (QED) is 0.717. The molecule has 0 aromatic heterocycles. The number of likely N-dealkylation sites (N-methyl/N-ethyl adjacent to an activating group) is 1. The van der Waals surface area contributed by atoms with Gasteiger partial charge in [0.25, 0.3) is 0 Å². The van der Waals surface area contributed by atoms with Gasteiger partial charge in [-0.15, -0.1) is 0 Å². The molecule has 0 bridgehead atoms. The number of hydrogen-bond donors (Lipinski definition) is 0. The number of piperazine rings is 1. The molecular formula is C16H23BrN2O3. The standard InChI is InChI=1S/C16H23BrN2O3/c1-3-21-16(20)12-22-15-5-4-14(17)10-13(15)11-19-8-6-18(2)7-9-19/h4-5,10H,3,6-9,11-12H2,1-2H3. The van der Waals surface area contributed by atoms with Crippen molar-refractivity contribution >= 4 is 21.9 Å². The third-order valence-corrected chi connectivity index (χ3v) is 4.16. The molecule has 0 saturated carbocycles. The number of esters is 1. The molecular weight excluding hydrogens is 348 g/mol. The molecule has 6 heteroatoms. The minimum Gasteiger partial charge on any atom is -0.482 e. The zero-order chi connectivity index (χ0) is 15.9. The van der Waals surface area contributed by atoms with Gasteiger partial charge in [-0.05, 0) is 32.2 Å². The van der Waals surface area contributed by atoms with Gasteiger partial charge in [-0.2, -0.15) is 0 Å². The highest BCUT2D eigenvalue weighted by molar-refractivity contribution is 9.10. The SMILES string of the molecule is CCOC(=O)COc1ccc(Br)cc1CN1CCN(C)CC1. The fourth-order valence-corrected chi connectivity index (χ4v) is 2.81. The summed E-state index contributed by atoms with van der Waals surface area (Å²) in [5.74, 6) is 0.408. The van der Waals surface area contributed by atoms with Gasteiger partial charge in [0.15, 0.2) is 6.61 Å². The van der Waals surface area contributed by atoms with Crippen LogP contribution in [-0.2, 0) is 16.1 Å². The van der Waals surface area contributed by atoms with Gasteiger partial charge in [0.1, 0.15) is 5.75 Å². The number of hydrogen-bond acceptors (Lipinski definition) is 5. The number of carbonyl (C=O) groups is 1. The molecule has 0 spiro atoms. The van der Waals surface area contributed by atoms with Gasteiger partial charge in [-0.3, -0.25) is 4.90 Å². The first-order valence-corrected chi connectivity index (χ1v) is 8.35. The van der Waals surface area contributed by atoms with E-state index in [0.717, 1.165) is 48.5 Å². The average molecular weight is 371 g/mol. The van der Waals surface area contributed by atoms with Crippen molar-refractivity contribution in [3.05, 3.63) is 28.2 Å². The summed E-state index contributed by atoms with van der Waals surface area (Å²) in [7, 11) is 2.14. The maximum Gasteiger partial charge on any atom is 0.344 e. The van der Waals surface area contributed by atoms with E-state index in [9.17, 15) is 4.79 Å². The second-order valence-corrected chi connectivity index (χ2v) is 6.34. The van der Waals surface area contributed by atoms with Crippen LogP contribution in [0.2, 0.25) is 0 Å². The third-order valence-electron chi connectivity index (χ3n) is 3.66. The van der Waals surface area contributed by atoms with Gasteiger partial charge in [-0.1, -0.05) is 15.9 Å². The van der Waals surface area contributed by atoms with E-state index in [1.807, 2.05) is 12.1 Å². The summed E-state index contributed by atoms with van der Waals surface area (Å²) in [6.07, 6.45) is 0. The van der Waals surface area contributed by atoms with Crippen LogP contribution < -0.4 is 4.74 Å². The summed E-state index contributed by atoms with van der Waals surface area (Å²) in [5.41, 5.74) is 1.09. The Hall–Kier alpha value is -1.11. The van der Waals surface area contributed by atoms with Crippen molar-refractivity contribution in [1.82, 2.24) is 9.80 Å². The highest BCUT2D eigenvalue weighted by Crippen LogP contribution is 2.25. The van der Waals surface area contributed by atoms with E-state index in [4.69, 9.17) is 9.47 Å². The molecule has 1 aromatic carbocycles. The highest BCUT2D eigenvalue weighted by atomic mass is 79.9. The molecule has 1 saturated heterocycles. The molecule has 1 aromatic rings. The van der Waals surface area contributed by atoms with Crippen LogP contribution in [-0.4, -0.2) is 62.2 Å². The number of carbonyl (C=O) groups excluding carboxylic acids is 1. The number of ether oxygens (including phenoxy) is 2. The Bertz CT molecular complexity index is 502. The van der Waals surface area contributed by atoms with Crippen LogP contribution in [0.15, 0.2) is 22.7 Å². The van der Waals surface area contributed by atoms with Crippen LogP contribution in [0.1, 0.15) is 12.5 Å². The van der Waals surface area contributed by atoms with Crippen molar-refractivity contribution in [1.29, 1.82) is 0 Å². The van der Waals surface area contributed by atoms with Crippen LogP contribution in [0.3, 0.4) is 0 Å². The van der Waals surface area contributed by atoms with Gasteiger partial charge < -0.3 is 14.4 Å². The fraction of sp³-hybridized carbons (Fsp3) is 0.562. The number of halogens is 1. The van der Waals surface area contributed by atoms with E-state index < -0.39 is 0 Å². The number of nitrogens with zero attached hydrogens (tertiary/aromatic N) is 2. The van der Waals surface area contributed by atoms with Gasteiger partial charge in [-0.25, -0.2) is 4.79 Å². The Balaban J connectivity index is 1.99. The fourth-order valence-electron chi connectivity index (χ4n) is 2.40. The molecule has 0 amide bonds. The molecule has 122 valence electrons. The van der Waals surface area contributed by atoms with Crippen LogP contribution in [0.4, 0.5) is 0 Å². The first-order valence-electron chi connectivity index (χ1n) is 7.56. The molecule has 0 unspecified atom stereocenters. The summed E-state index contributed by atoms with van der Waals surface area (Å²) in [4.78, 5) is 16.2. The molecule has 1 aliphatic rings. The molecule has 1 fully saturated rings. The summed E-state index contributed by atoms with van der Waals surface area (Å²) >= 11 is 3.50. The first kappa shape index (κ1) is 17.2. The van der Waals surface area contributed by atoms with Crippen molar-refractivity contribution in [2.75, 3.05) is 46.4 Å². The second kappa shape index (κ2) is 8.50. The lowest BCUT2D eigenvalue weighted by molar-refractivity contribution is -0.145. The predicted molar refractivity (Wildman–Crippen MR) is 89.0 cm³/mol. The minimum atomic E-state index is -0.337. The molecule has 2 rings (SSSR count). The lowest BCUT2D eigenvalue weighted by Gasteiger charge is -2.32. The minimum absolute atomic E-state index is 0.0504. The number of rotatable bonds is 6. The number of benzene rings is 1. The Morgan fingerprint density at radius 3 is 2.68 bits per heavy atom. The first-order chi connectivity index (χ1) is 10.6. The molecule has 1 heterocycles. The summed E-state index contributed by atoms with van der Waals surface area (Å²) in [5, 5.41) is 0. The topological polar surface area (TPSA) is 42.0 Å². The Morgan fingerprint density at radius 2 is 2.00 bits per heavy atom. The molecule has 5 nitrogen and oxygen atoms in total. The molecule has 0 aliphatic carbocycles. The van der Waals surface area contributed by atoms with Gasteiger partial charge in [0.2, 0.25) is 0 Å². The largest absolute Gasteiger partial charge is 0.482 e. The molecule has 0 radical (unpaired) electrons. The lowest BCUT2D eigenvalue weighted by atomic mass is 10.1. The van der Waals surface area contributed by atoms with Gasteiger partial charge >= 0.3 is 5.97 Å². The Kier molecular flexibility index (Phi) is 6.67. The van der Waals surface area contributed by atoms with Crippen molar-refractivity contribution in [2.45, 2.75) is 13.5 Å². The van der Waals surface area contributed by atoms with Crippen molar-refractivity contribution in [2.24, 2.45) is 0 Å². The van der Waals surface area contributed by atoms with Gasteiger partial charge in [0.05, 0.1) is 6.61 Å². The summed E-state index contributed by atoms with van der Waals surface area (Å²) < 4.78 is 11.6. The maximum atomic E-state index is 11.4. The predicted octanol–water partition coefficient (Wildman–Crippen LogP) is 2.14. The molecule has 0 N–H and O–H groups in total. The zero-order valence-corrected chi connectivity index (χ0v) is 14.8. The van der Waals surface area contributed by atoms with Crippen LogP contribution in [0, 0.1) is 0 Å². The maximum absolute atomic E-state index is 11.4. The van der Waals surface area contributed by atoms with Gasteiger partial charge in [0, 0.05) is 42.8 Å². The Labute approximate surface area is 140 Å². The van der Waals surface area contributed by atoms with Crippen LogP contribution in [0.25, 0.3) is 0 Å². The van der Waals surface area contributed by atoms with Crippen molar-refractivity contribution in [3.63, 3.8) is 0 Å². The molecule has 0 atom stereocenters. The van der Waals surface area contributed by atoms with E-state index in [1.54, 1.807) is 6.92 Å². The zero-order valence-electron chi connectivity index (χ0n) is 13.2. The second-order valence-electron chi connectivity index (χ2n) is 5.43. The highest BCUT2D eigenvalue weighted by Gasteiger charge is 2.16. The monoisotopic (exact) mass is 370 g/mol. The lowest BCUT2D eigenvalue weighted by Crippen LogP contribution is -2.43.